The number of hydrogen-bond donors (Lipinski definition) is 1. The van der Waals surface area contributed by atoms with Crippen LogP contribution in [0.5, 0.6) is 0 Å². The number of pyridine rings is 1. The Kier molecular flexibility index (Phi) is 5.88. The molecule has 3 rings (SSSR count). The number of amides is 1. The first-order valence-electron chi connectivity index (χ1n) is 8.36. The fourth-order valence-electron chi connectivity index (χ4n) is 2.90. The number of sulfonamides is 1. The van der Waals surface area contributed by atoms with Gasteiger partial charge in [-0.15, -0.1) is 0 Å². The van der Waals surface area contributed by atoms with Crippen LogP contribution in [-0.2, 0) is 16.2 Å². The molecule has 1 fully saturated rings. The molecule has 29 heavy (non-hydrogen) atoms. The lowest BCUT2D eigenvalue weighted by molar-refractivity contribution is -0.137. The van der Waals surface area contributed by atoms with Gasteiger partial charge in [0.25, 0.3) is 5.91 Å². The summed E-state index contributed by atoms with van der Waals surface area (Å²) in [5, 5.41) is 5.12. The van der Waals surface area contributed by atoms with Crippen LogP contribution in [0.1, 0.15) is 15.9 Å². The first kappa shape index (κ1) is 21.5. The second-order valence-corrected chi connectivity index (χ2v) is 8.78. The number of anilines is 1. The van der Waals surface area contributed by atoms with E-state index < -0.39 is 21.8 Å². The van der Waals surface area contributed by atoms with Crippen molar-refractivity contribution in [1.29, 1.82) is 0 Å². The van der Waals surface area contributed by atoms with Crippen molar-refractivity contribution in [2.24, 2.45) is 5.14 Å². The van der Waals surface area contributed by atoms with E-state index in [4.69, 9.17) is 5.14 Å². The lowest BCUT2D eigenvalue weighted by atomic mass is 10.1. The molecule has 2 heterocycles. The number of carbonyl (C=O) groups excluding carboxylic acids is 1. The zero-order chi connectivity index (χ0) is 21.4. The molecule has 1 aromatic carbocycles. The summed E-state index contributed by atoms with van der Waals surface area (Å²) in [6, 6.07) is 6.22. The third-order valence-corrected chi connectivity index (χ3v) is 6.07. The van der Waals surface area contributed by atoms with Gasteiger partial charge in [0.15, 0.2) is 0 Å². The highest BCUT2D eigenvalue weighted by molar-refractivity contribution is 9.10. The molecule has 2 aromatic rings. The SMILES string of the molecule is NS(=O)(=O)c1ccc(Br)c(C(=O)N2CCN(c3ccc(C(F)(F)F)cn3)CC2)c1. The molecule has 0 radical (unpaired) electrons. The van der Waals surface area contributed by atoms with Gasteiger partial charge in [-0.1, -0.05) is 0 Å². The summed E-state index contributed by atoms with van der Waals surface area (Å²) in [7, 11) is -3.95. The van der Waals surface area contributed by atoms with E-state index in [0.717, 1.165) is 12.3 Å². The number of nitrogens with zero attached hydrogens (tertiary/aromatic N) is 3. The summed E-state index contributed by atoms with van der Waals surface area (Å²) < 4.78 is 61.5. The Morgan fingerprint density at radius 3 is 2.28 bits per heavy atom. The van der Waals surface area contributed by atoms with Crippen molar-refractivity contribution in [1.82, 2.24) is 9.88 Å². The predicted molar refractivity (Wildman–Crippen MR) is 103 cm³/mol. The third kappa shape index (κ3) is 4.87. The molecule has 12 heteroatoms. The molecule has 0 spiro atoms. The van der Waals surface area contributed by atoms with Crippen LogP contribution in [0.4, 0.5) is 19.0 Å². The van der Waals surface area contributed by atoms with Crippen LogP contribution >= 0.6 is 15.9 Å². The number of carbonyl (C=O) groups is 1. The fourth-order valence-corrected chi connectivity index (χ4v) is 3.85. The number of halogens is 4. The zero-order valence-corrected chi connectivity index (χ0v) is 17.3. The lowest BCUT2D eigenvalue weighted by Crippen LogP contribution is -2.49. The largest absolute Gasteiger partial charge is 0.417 e. The monoisotopic (exact) mass is 492 g/mol. The summed E-state index contributed by atoms with van der Waals surface area (Å²) in [4.78, 5) is 19.8. The minimum atomic E-state index is -4.45. The molecule has 1 aliphatic rings. The molecule has 1 aliphatic heterocycles. The molecule has 1 saturated heterocycles. The molecular weight excluding hydrogens is 477 g/mol. The van der Waals surface area contributed by atoms with Crippen molar-refractivity contribution < 1.29 is 26.4 Å². The lowest BCUT2D eigenvalue weighted by Gasteiger charge is -2.35. The van der Waals surface area contributed by atoms with Gasteiger partial charge in [-0.25, -0.2) is 18.5 Å². The molecule has 7 nitrogen and oxygen atoms in total. The van der Waals surface area contributed by atoms with Crippen molar-refractivity contribution in [3.05, 3.63) is 52.1 Å². The molecule has 2 N–H and O–H groups in total. The number of alkyl halides is 3. The number of nitrogens with two attached hydrogens (primary N) is 1. The number of benzene rings is 1. The van der Waals surface area contributed by atoms with Gasteiger partial charge in [-0.05, 0) is 46.3 Å². The van der Waals surface area contributed by atoms with E-state index in [1.165, 1.54) is 29.2 Å². The molecule has 0 atom stereocenters. The second kappa shape index (κ2) is 7.92. The summed E-state index contributed by atoms with van der Waals surface area (Å²) in [6.07, 6.45) is -3.67. The van der Waals surface area contributed by atoms with Crippen LogP contribution in [0.15, 0.2) is 45.9 Å². The highest BCUT2D eigenvalue weighted by atomic mass is 79.9. The highest BCUT2D eigenvalue weighted by Gasteiger charge is 2.31. The van der Waals surface area contributed by atoms with E-state index >= 15 is 0 Å². The Labute approximate surface area is 173 Å². The average molecular weight is 493 g/mol. The van der Waals surface area contributed by atoms with E-state index in [9.17, 15) is 26.4 Å². The molecule has 1 amide bonds. The number of aromatic nitrogens is 1. The van der Waals surface area contributed by atoms with Crippen molar-refractivity contribution >= 4 is 37.7 Å². The molecule has 0 aliphatic carbocycles. The van der Waals surface area contributed by atoms with Gasteiger partial charge in [-0.2, -0.15) is 13.2 Å². The van der Waals surface area contributed by atoms with Crippen molar-refractivity contribution in [3.8, 4) is 0 Å². The summed E-state index contributed by atoms with van der Waals surface area (Å²) in [6.45, 7) is 1.34. The van der Waals surface area contributed by atoms with E-state index in [1.54, 1.807) is 4.90 Å². The maximum absolute atomic E-state index is 12.8. The molecule has 0 unspecified atom stereocenters. The summed E-state index contributed by atoms with van der Waals surface area (Å²) in [5.41, 5.74) is -0.660. The second-order valence-electron chi connectivity index (χ2n) is 6.37. The van der Waals surface area contributed by atoms with E-state index in [-0.39, 0.29) is 16.4 Å². The minimum Gasteiger partial charge on any atom is -0.353 e. The topological polar surface area (TPSA) is 96.6 Å². The Morgan fingerprint density at radius 1 is 1.10 bits per heavy atom. The van der Waals surface area contributed by atoms with E-state index in [1.807, 2.05) is 0 Å². The third-order valence-electron chi connectivity index (χ3n) is 4.46. The van der Waals surface area contributed by atoms with Crippen molar-refractivity contribution in [2.45, 2.75) is 11.1 Å². The van der Waals surface area contributed by atoms with Crippen LogP contribution in [0.3, 0.4) is 0 Å². The van der Waals surface area contributed by atoms with E-state index in [2.05, 4.69) is 20.9 Å². The number of piperazine rings is 1. The van der Waals surface area contributed by atoms with Gasteiger partial charge in [0.2, 0.25) is 10.0 Å². The first-order chi connectivity index (χ1) is 13.5. The number of hydrogen-bond acceptors (Lipinski definition) is 5. The van der Waals surface area contributed by atoms with Crippen molar-refractivity contribution in [3.63, 3.8) is 0 Å². The predicted octanol–water partition coefficient (Wildman–Crippen LogP) is 2.47. The maximum atomic E-state index is 12.8. The summed E-state index contributed by atoms with van der Waals surface area (Å²) >= 11 is 3.24. The van der Waals surface area contributed by atoms with E-state index in [0.29, 0.717) is 36.5 Å². The molecule has 156 valence electrons. The van der Waals surface area contributed by atoms with Gasteiger partial charge < -0.3 is 9.80 Å². The van der Waals surface area contributed by atoms with Gasteiger partial charge in [-0.3, -0.25) is 4.79 Å². The number of rotatable bonds is 3. The van der Waals surface area contributed by atoms with Gasteiger partial charge in [0.1, 0.15) is 5.82 Å². The average Bonchev–Trinajstić information content (AvgIpc) is 2.66. The van der Waals surface area contributed by atoms with Crippen LogP contribution < -0.4 is 10.0 Å². The Balaban J connectivity index is 1.70. The first-order valence-corrected chi connectivity index (χ1v) is 10.7. The quantitative estimate of drug-likeness (QED) is 0.709. The van der Waals surface area contributed by atoms with Gasteiger partial charge >= 0.3 is 6.18 Å². The van der Waals surface area contributed by atoms with Crippen LogP contribution in [0, 0.1) is 0 Å². The van der Waals surface area contributed by atoms with Crippen molar-refractivity contribution in [2.75, 3.05) is 31.1 Å². The Hall–Kier alpha value is -2.18. The zero-order valence-electron chi connectivity index (χ0n) is 14.9. The summed E-state index contributed by atoms with van der Waals surface area (Å²) in [5.74, 6) is 0.0184. The van der Waals surface area contributed by atoms with Crippen LogP contribution in [0.25, 0.3) is 0 Å². The maximum Gasteiger partial charge on any atom is 0.417 e. The standard InChI is InChI=1S/C17H16BrF3N4O3S/c18-14-3-2-12(29(22,27)28)9-13(14)16(26)25-7-5-24(6-8-25)15-4-1-11(10-23-15)17(19,20)21/h1-4,9-10H,5-8H2,(H2,22,27,28). The van der Waals surface area contributed by atoms with Gasteiger partial charge in [0.05, 0.1) is 16.0 Å². The highest BCUT2D eigenvalue weighted by Crippen LogP contribution is 2.29. The van der Waals surface area contributed by atoms with Gasteiger partial charge in [0, 0.05) is 36.8 Å². The normalized spacial score (nSPS) is 15.5. The smallest absolute Gasteiger partial charge is 0.353 e. The molecule has 0 bridgehead atoms. The Bertz CT molecular complexity index is 1020. The minimum absolute atomic E-state index is 0.164. The molecule has 0 saturated carbocycles. The van der Waals surface area contributed by atoms with Crippen LogP contribution in [-0.4, -0.2) is 50.4 Å². The number of primary sulfonamides is 1. The fraction of sp³-hybridized carbons (Fsp3) is 0.294. The molecular formula is C17H16BrF3N4O3S. The molecule has 1 aromatic heterocycles. The van der Waals surface area contributed by atoms with Crippen LogP contribution in [0.2, 0.25) is 0 Å². The Morgan fingerprint density at radius 2 is 1.76 bits per heavy atom.